The first kappa shape index (κ1) is 14.0. The monoisotopic (exact) mass is 262 g/mol. The SMILES string of the molecule is CCOC(C)CN1C(=O)C(c2ccccc2)NC1C. The molecule has 1 aliphatic heterocycles. The van der Waals surface area contributed by atoms with Crippen molar-refractivity contribution < 1.29 is 9.53 Å². The number of hydrogen-bond donors (Lipinski definition) is 1. The highest BCUT2D eigenvalue weighted by molar-refractivity contribution is 5.85. The number of benzene rings is 1. The van der Waals surface area contributed by atoms with E-state index in [1.54, 1.807) is 0 Å². The second kappa shape index (κ2) is 6.17. The predicted octanol–water partition coefficient (Wildman–Crippen LogP) is 1.93. The van der Waals surface area contributed by atoms with E-state index in [0.29, 0.717) is 13.2 Å². The number of nitrogens with zero attached hydrogens (tertiary/aromatic N) is 1. The molecule has 1 aromatic carbocycles. The zero-order valence-corrected chi connectivity index (χ0v) is 11.8. The highest BCUT2D eigenvalue weighted by Crippen LogP contribution is 2.24. The fourth-order valence-electron chi connectivity index (χ4n) is 2.51. The molecule has 0 radical (unpaired) electrons. The van der Waals surface area contributed by atoms with Crippen LogP contribution in [0.4, 0.5) is 0 Å². The Kier molecular flexibility index (Phi) is 4.56. The van der Waals surface area contributed by atoms with Gasteiger partial charge in [-0.1, -0.05) is 30.3 Å². The second-order valence-corrected chi connectivity index (χ2v) is 4.94. The van der Waals surface area contributed by atoms with Crippen molar-refractivity contribution in [1.29, 1.82) is 0 Å². The molecule has 19 heavy (non-hydrogen) atoms. The Bertz CT molecular complexity index is 421. The molecule has 2 rings (SSSR count). The van der Waals surface area contributed by atoms with Crippen molar-refractivity contribution >= 4 is 5.91 Å². The van der Waals surface area contributed by atoms with Crippen molar-refractivity contribution in [1.82, 2.24) is 10.2 Å². The lowest BCUT2D eigenvalue weighted by atomic mass is 10.1. The van der Waals surface area contributed by atoms with Crippen molar-refractivity contribution in [3.63, 3.8) is 0 Å². The lowest BCUT2D eigenvalue weighted by Crippen LogP contribution is -2.40. The van der Waals surface area contributed by atoms with Crippen LogP contribution in [-0.4, -0.2) is 36.2 Å². The number of carbonyl (C=O) groups excluding carboxylic acids is 1. The van der Waals surface area contributed by atoms with E-state index in [-0.39, 0.29) is 24.2 Å². The minimum Gasteiger partial charge on any atom is -0.377 e. The molecule has 1 heterocycles. The van der Waals surface area contributed by atoms with Crippen LogP contribution in [0.3, 0.4) is 0 Å². The number of hydrogen-bond acceptors (Lipinski definition) is 3. The highest BCUT2D eigenvalue weighted by atomic mass is 16.5. The summed E-state index contributed by atoms with van der Waals surface area (Å²) in [6, 6.07) is 9.61. The van der Waals surface area contributed by atoms with Crippen molar-refractivity contribution in [2.45, 2.75) is 39.1 Å². The topological polar surface area (TPSA) is 41.6 Å². The van der Waals surface area contributed by atoms with Crippen LogP contribution in [0.15, 0.2) is 30.3 Å². The summed E-state index contributed by atoms with van der Waals surface area (Å²) < 4.78 is 5.52. The first-order valence-corrected chi connectivity index (χ1v) is 6.86. The molecule has 1 aromatic rings. The zero-order chi connectivity index (χ0) is 13.8. The van der Waals surface area contributed by atoms with E-state index in [9.17, 15) is 4.79 Å². The molecule has 0 bridgehead atoms. The Hall–Kier alpha value is -1.39. The lowest BCUT2D eigenvalue weighted by molar-refractivity contribution is -0.131. The minimum absolute atomic E-state index is 0.0422. The van der Waals surface area contributed by atoms with Gasteiger partial charge in [-0.05, 0) is 26.3 Å². The average Bonchev–Trinajstić information content (AvgIpc) is 2.68. The van der Waals surface area contributed by atoms with E-state index in [0.717, 1.165) is 5.56 Å². The summed E-state index contributed by atoms with van der Waals surface area (Å²) in [7, 11) is 0. The van der Waals surface area contributed by atoms with Gasteiger partial charge in [-0.25, -0.2) is 0 Å². The van der Waals surface area contributed by atoms with Crippen LogP contribution in [0.1, 0.15) is 32.4 Å². The molecule has 0 aliphatic carbocycles. The van der Waals surface area contributed by atoms with Crippen LogP contribution in [0.2, 0.25) is 0 Å². The Labute approximate surface area is 114 Å². The number of carbonyl (C=O) groups is 1. The van der Waals surface area contributed by atoms with Crippen LogP contribution in [0.25, 0.3) is 0 Å². The molecular formula is C15H22N2O2. The van der Waals surface area contributed by atoms with Crippen molar-refractivity contribution in [2.75, 3.05) is 13.2 Å². The summed E-state index contributed by atoms with van der Waals surface area (Å²) in [5.41, 5.74) is 1.02. The summed E-state index contributed by atoms with van der Waals surface area (Å²) in [6.45, 7) is 7.28. The van der Waals surface area contributed by atoms with E-state index in [2.05, 4.69) is 5.32 Å². The smallest absolute Gasteiger partial charge is 0.245 e. The maximum atomic E-state index is 12.5. The molecule has 1 aliphatic rings. The first-order chi connectivity index (χ1) is 9.13. The summed E-state index contributed by atoms with van der Waals surface area (Å²) in [5.74, 6) is 0.130. The second-order valence-electron chi connectivity index (χ2n) is 4.94. The van der Waals surface area contributed by atoms with Crippen molar-refractivity contribution in [3.05, 3.63) is 35.9 Å². The molecule has 0 spiro atoms. The zero-order valence-electron chi connectivity index (χ0n) is 11.8. The molecule has 4 nitrogen and oxygen atoms in total. The number of amides is 1. The summed E-state index contributed by atoms with van der Waals surface area (Å²) in [5, 5.41) is 3.34. The normalized spacial score (nSPS) is 24.8. The maximum Gasteiger partial charge on any atom is 0.245 e. The Balaban J connectivity index is 2.06. The van der Waals surface area contributed by atoms with E-state index < -0.39 is 0 Å². The van der Waals surface area contributed by atoms with Gasteiger partial charge in [0.25, 0.3) is 0 Å². The average molecular weight is 262 g/mol. The molecule has 1 saturated heterocycles. The Morgan fingerprint density at radius 1 is 1.37 bits per heavy atom. The highest BCUT2D eigenvalue weighted by Gasteiger charge is 2.37. The molecule has 1 amide bonds. The van der Waals surface area contributed by atoms with Gasteiger partial charge in [0.2, 0.25) is 5.91 Å². The molecule has 104 valence electrons. The predicted molar refractivity (Wildman–Crippen MR) is 74.6 cm³/mol. The third kappa shape index (κ3) is 3.14. The van der Waals surface area contributed by atoms with E-state index in [1.165, 1.54) is 0 Å². The van der Waals surface area contributed by atoms with Gasteiger partial charge < -0.3 is 9.64 Å². The number of rotatable bonds is 5. The van der Waals surface area contributed by atoms with Gasteiger partial charge in [-0.15, -0.1) is 0 Å². The van der Waals surface area contributed by atoms with Gasteiger partial charge in [0.05, 0.1) is 12.3 Å². The molecule has 1 fully saturated rings. The fourth-order valence-corrected chi connectivity index (χ4v) is 2.51. The minimum atomic E-state index is -0.231. The largest absolute Gasteiger partial charge is 0.377 e. The molecule has 0 saturated carbocycles. The van der Waals surface area contributed by atoms with Gasteiger partial charge >= 0.3 is 0 Å². The third-order valence-electron chi connectivity index (χ3n) is 3.44. The van der Waals surface area contributed by atoms with Gasteiger partial charge in [0, 0.05) is 13.2 Å². The molecule has 4 heteroatoms. The van der Waals surface area contributed by atoms with E-state index in [1.807, 2.05) is 56.0 Å². The molecule has 1 N–H and O–H groups in total. The van der Waals surface area contributed by atoms with Crippen LogP contribution in [0.5, 0.6) is 0 Å². The maximum absolute atomic E-state index is 12.5. The van der Waals surface area contributed by atoms with Gasteiger partial charge in [-0.3, -0.25) is 10.1 Å². The van der Waals surface area contributed by atoms with Gasteiger partial charge in [-0.2, -0.15) is 0 Å². The summed E-state index contributed by atoms with van der Waals surface area (Å²) in [6.07, 6.45) is 0.105. The number of ether oxygens (including phenoxy) is 1. The Morgan fingerprint density at radius 2 is 2.05 bits per heavy atom. The van der Waals surface area contributed by atoms with Crippen LogP contribution in [0, 0.1) is 0 Å². The Morgan fingerprint density at radius 3 is 2.68 bits per heavy atom. The van der Waals surface area contributed by atoms with E-state index in [4.69, 9.17) is 4.74 Å². The number of nitrogens with one attached hydrogen (secondary N) is 1. The molecule has 3 atom stereocenters. The van der Waals surface area contributed by atoms with Crippen LogP contribution in [-0.2, 0) is 9.53 Å². The van der Waals surface area contributed by atoms with Gasteiger partial charge in [0.15, 0.2) is 0 Å². The summed E-state index contributed by atoms with van der Waals surface area (Å²) >= 11 is 0. The van der Waals surface area contributed by atoms with Crippen LogP contribution >= 0.6 is 0 Å². The van der Waals surface area contributed by atoms with Crippen molar-refractivity contribution in [3.8, 4) is 0 Å². The lowest BCUT2D eigenvalue weighted by Gasteiger charge is -2.24. The standard InChI is InChI=1S/C15H22N2O2/c1-4-19-11(2)10-17-12(3)16-14(15(17)18)13-8-6-5-7-9-13/h5-9,11-12,14,16H,4,10H2,1-3H3. The first-order valence-electron chi connectivity index (χ1n) is 6.86. The molecule has 3 unspecified atom stereocenters. The van der Waals surface area contributed by atoms with Crippen LogP contribution < -0.4 is 5.32 Å². The summed E-state index contributed by atoms with van der Waals surface area (Å²) in [4.78, 5) is 14.3. The van der Waals surface area contributed by atoms with E-state index >= 15 is 0 Å². The van der Waals surface area contributed by atoms with Crippen molar-refractivity contribution in [2.24, 2.45) is 0 Å². The van der Waals surface area contributed by atoms with Gasteiger partial charge in [0.1, 0.15) is 6.04 Å². The quantitative estimate of drug-likeness (QED) is 0.881. The fraction of sp³-hybridized carbons (Fsp3) is 0.533. The molecular weight excluding hydrogens is 240 g/mol. The third-order valence-corrected chi connectivity index (χ3v) is 3.44. The molecule has 0 aromatic heterocycles.